The van der Waals surface area contributed by atoms with Crippen LogP contribution >= 0.6 is 0 Å². The first kappa shape index (κ1) is 22.5. The third-order valence-corrected chi connectivity index (χ3v) is 5.69. The summed E-state index contributed by atoms with van der Waals surface area (Å²) in [4.78, 5) is 26.9. The van der Waals surface area contributed by atoms with Crippen LogP contribution in [0.4, 0.5) is 10.1 Å². The summed E-state index contributed by atoms with van der Waals surface area (Å²) in [5.74, 6) is -0.983. The molecule has 0 fully saturated rings. The van der Waals surface area contributed by atoms with E-state index in [-0.39, 0.29) is 23.6 Å². The fourth-order valence-corrected chi connectivity index (χ4v) is 3.86. The van der Waals surface area contributed by atoms with Gasteiger partial charge in [0, 0.05) is 37.3 Å². The van der Waals surface area contributed by atoms with E-state index in [4.69, 9.17) is 4.74 Å². The van der Waals surface area contributed by atoms with Crippen molar-refractivity contribution >= 4 is 17.6 Å². The number of ether oxygens (including phenoxy) is 1. The predicted octanol–water partition coefficient (Wildman–Crippen LogP) is 4.23. The number of benzene rings is 2. The molecule has 5 nitrogen and oxygen atoms in total. The van der Waals surface area contributed by atoms with Gasteiger partial charge in [0.25, 0.3) is 0 Å². The smallest absolute Gasteiger partial charge is 0.318 e. The molecular weight excluding hydrogens is 395 g/mol. The van der Waals surface area contributed by atoms with Gasteiger partial charge in [0.1, 0.15) is 11.6 Å². The van der Waals surface area contributed by atoms with Gasteiger partial charge in [0.2, 0.25) is 5.91 Å². The number of hydrogen-bond acceptors (Lipinski definition) is 4. The minimum atomic E-state index is -0.527. The fraction of sp³-hybridized carbons (Fsp3) is 0.360. The molecule has 0 saturated heterocycles. The number of amides is 1. The van der Waals surface area contributed by atoms with E-state index < -0.39 is 5.92 Å². The highest BCUT2D eigenvalue weighted by Gasteiger charge is 2.33. The van der Waals surface area contributed by atoms with Crippen molar-refractivity contribution in [1.29, 1.82) is 0 Å². The number of fused-ring (bicyclic) bond motifs is 1. The number of hydrogen-bond donors (Lipinski definition) is 1. The molecule has 3 rings (SSSR count). The average Bonchev–Trinajstić information content (AvgIpc) is 2.74. The Morgan fingerprint density at radius 1 is 1.19 bits per heavy atom. The summed E-state index contributed by atoms with van der Waals surface area (Å²) < 4.78 is 18.8. The topological polar surface area (TPSA) is 58.6 Å². The quantitative estimate of drug-likeness (QED) is 0.392. The van der Waals surface area contributed by atoms with Crippen LogP contribution < -0.4 is 15.0 Å². The Hall–Kier alpha value is -3.15. The summed E-state index contributed by atoms with van der Waals surface area (Å²) >= 11 is 0. The van der Waals surface area contributed by atoms with Crippen LogP contribution in [0.15, 0.2) is 54.6 Å². The summed E-state index contributed by atoms with van der Waals surface area (Å²) in [6.07, 6.45) is 3.51. The van der Waals surface area contributed by atoms with Gasteiger partial charge in [0.15, 0.2) is 0 Å². The lowest BCUT2D eigenvalue weighted by Gasteiger charge is -2.29. The average molecular weight is 425 g/mol. The van der Waals surface area contributed by atoms with Gasteiger partial charge in [-0.25, -0.2) is 4.39 Å². The van der Waals surface area contributed by atoms with Crippen LogP contribution in [0, 0.1) is 11.7 Å². The van der Waals surface area contributed by atoms with Crippen LogP contribution in [0.2, 0.25) is 0 Å². The van der Waals surface area contributed by atoms with Crippen molar-refractivity contribution in [3.63, 3.8) is 0 Å². The first-order chi connectivity index (χ1) is 14.9. The molecule has 2 atom stereocenters. The third-order valence-electron chi connectivity index (χ3n) is 5.69. The van der Waals surface area contributed by atoms with Crippen molar-refractivity contribution in [3.8, 4) is 5.75 Å². The fourth-order valence-electron chi connectivity index (χ4n) is 3.86. The summed E-state index contributed by atoms with van der Waals surface area (Å²) in [6.45, 7) is 8.27. The SMILES string of the molecule is CCN(CC)c1ccc2c(c1)OC(=O)C(/C=C/C(=O)NCCc1cccc(F)c1)C2C. The first-order valence-electron chi connectivity index (χ1n) is 10.7. The van der Waals surface area contributed by atoms with Gasteiger partial charge in [-0.2, -0.15) is 0 Å². The van der Waals surface area contributed by atoms with E-state index in [1.54, 1.807) is 12.1 Å². The zero-order valence-electron chi connectivity index (χ0n) is 18.2. The molecule has 0 aliphatic carbocycles. The number of rotatable bonds is 8. The van der Waals surface area contributed by atoms with E-state index in [0.717, 1.165) is 29.9 Å². The molecule has 164 valence electrons. The number of anilines is 1. The van der Waals surface area contributed by atoms with E-state index >= 15 is 0 Å². The minimum Gasteiger partial charge on any atom is -0.426 e. The molecule has 0 saturated carbocycles. The molecule has 1 aliphatic heterocycles. The molecule has 0 aromatic heterocycles. The number of esters is 1. The Morgan fingerprint density at radius 3 is 2.68 bits per heavy atom. The Bertz CT molecular complexity index is 969. The van der Waals surface area contributed by atoms with Crippen molar-refractivity contribution in [1.82, 2.24) is 5.32 Å². The van der Waals surface area contributed by atoms with Gasteiger partial charge >= 0.3 is 5.97 Å². The molecule has 2 unspecified atom stereocenters. The molecule has 1 heterocycles. The van der Waals surface area contributed by atoms with Gasteiger partial charge in [-0.3, -0.25) is 9.59 Å². The summed E-state index contributed by atoms with van der Waals surface area (Å²) in [5, 5.41) is 2.77. The second-order valence-corrected chi connectivity index (χ2v) is 7.66. The highest BCUT2D eigenvalue weighted by atomic mass is 19.1. The van der Waals surface area contributed by atoms with Crippen LogP contribution in [0.25, 0.3) is 0 Å². The van der Waals surface area contributed by atoms with E-state index in [9.17, 15) is 14.0 Å². The van der Waals surface area contributed by atoms with Crippen molar-refractivity contribution in [2.75, 3.05) is 24.5 Å². The lowest BCUT2D eigenvalue weighted by Crippen LogP contribution is -2.30. The third kappa shape index (κ3) is 5.51. The summed E-state index contributed by atoms with van der Waals surface area (Å²) in [5.41, 5.74) is 2.79. The highest BCUT2D eigenvalue weighted by molar-refractivity contribution is 5.89. The number of nitrogens with one attached hydrogen (secondary N) is 1. The molecule has 0 radical (unpaired) electrons. The molecule has 1 amide bonds. The van der Waals surface area contributed by atoms with E-state index in [1.165, 1.54) is 18.2 Å². The predicted molar refractivity (Wildman–Crippen MR) is 120 cm³/mol. The lowest BCUT2D eigenvalue weighted by atomic mass is 9.84. The van der Waals surface area contributed by atoms with Gasteiger partial charge in [0.05, 0.1) is 5.92 Å². The maximum atomic E-state index is 13.2. The molecule has 0 spiro atoms. The van der Waals surface area contributed by atoms with Gasteiger partial charge < -0.3 is 15.0 Å². The normalized spacial score (nSPS) is 17.9. The standard InChI is InChI=1S/C25H29FN2O3/c1-4-28(5-2)20-9-10-21-17(3)22(25(30)31-23(21)16-20)11-12-24(29)27-14-13-18-7-6-8-19(26)15-18/h6-12,15-17,22H,4-5,13-14H2,1-3H3,(H,27,29)/b12-11+. The lowest BCUT2D eigenvalue weighted by molar-refractivity contribution is -0.139. The Morgan fingerprint density at radius 2 is 1.97 bits per heavy atom. The van der Waals surface area contributed by atoms with Crippen molar-refractivity contribution < 1.29 is 18.7 Å². The van der Waals surface area contributed by atoms with Crippen LogP contribution in [0.1, 0.15) is 37.8 Å². The molecule has 1 N–H and O–H groups in total. The summed E-state index contributed by atoms with van der Waals surface area (Å²) in [6, 6.07) is 12.2. The maximum Gasteiger partial charge on any atom is 0.318 e. The number of carbonyl (C=O) groups excluding carboxylic acids is 2. The van der Waals surface area contributed by atoms with E-state index in [1.807, 2.05) is 31.2 Å². The van der Waals surface area contributed by atoms with Gasteiger partial charge in [-0.15, -0.1) is 0 Å². The van der Waals surface area contributed by atoms with Crippen LogP contribution in [-0.4, -0.2) is 31.5 Å². The maximum absolute atomic E-state index is 13.2. The highest BCUT2D eigenvalue weighted by Crippen LogP contribution is 2.40. The number of carbonyl (C=O) groups is 2. The Labute approximate surface area is 182 Å². The van der Waals surface area contributed by atoms with E-state index in [2.05, 4.69) is 24.1 Å². The van der Waals surface area contributed by atoms with Crippen molar-refractivity contribution in [3.05, 3.63) is 71.6 Å². The largest absolute Gasteiger partial charge is 0.426 e. The number of halogens is 1. The van der Waals surface area contributed by atoms with Crippen LogP contribution in [0.5, 0.6) is 5.75 Å². The molecule has 1 aliphatic rings. The Balaban J connectivity index is 1.61. The zero-order valence-corrected chi connectivity index (χ0v) is 18.2. The van der Waals surface area contributed by atoms with E-state index in [0.29, 0.717) is 18.7 Å². The molecule has 2 aromatic carbocycles. The minimum absolute atomic E-state index is 0.0988. The van der Waals surface area contributed by atoms with Crippen molar-refractivity contribution in [2.24, 2.45) is 5.92 Å². The molecule has 2 aromatic rings. The van der Waals surface area contributed by atoms with Crippen LogP contribution in [0.3, 0.4) is 0 Å². The monoisotopic (exact) mass is 424 g/mol. The second-order valence-electron chi connectivity index (χ2n) is 7.66. The van der Waals surface area contributed by atoms with Crippen LogP contribution in [-0.2, 0) is 16.0 Å². The summed E-state index contributed by atoms with van der Waals surface area (Å²) in [7, 11) is 0. The molecular formula is C25H29FN2O3. The molecule has 6 heteroatoms. The molecule has 31 heavy (non-hydrogen) atoms. The zero-order chi connectivity index (χ0) is 22.4. The van der Waals surface area contributed by atoms with Crippen molar-refractivity contribution in [2.45, 2.75) is 33.1 Å². The first-order valence-corrected chi connectivity index (χ1v) is 10.7. The Kier molecular flexibility index (Phi) is 7.45. The molecule has 0 bridgehead atoms. The second kappa shape index (κ2) is 10.2. The van der Waals surface area contributed by atoms with Gasteiger partial charge in [-0.1, -0.05) is 31.2 Å². The number of nitrogens with zero attached hydrogens (tertiary/aromatic N) is 1. The van der Waals surface area contributed by atoms with Gasteiger partial charge in [-0.05, 0) is 55.7 Å².